The zero-order valence-corrected chi connectivity index (χ0v) is 19.0. The second-order valence-electron chi connectivity index (χ2n) is 9.34. The quantitative estimate of drug-likeness (QED) is 0.665. The fourth-order valence-corrected chi connectivity index (χ4v) is 4.87. The van der Waals surface area contributed by atoms with Crippen LogP contribution in [-0.4, -0.2) is 96.4 Å². The summed E-state index contributed by atoms with van der Waals surface area (Å²) in [5.74, 6) is 0.427. The Morgan fingerprint density at radius 1 is 1.03 bits per heavy atom. The molecule has 1 aromatic heterocycles. The second-order valence-corrected chi connectivity index (χ2v) is 9.34. The van der Waals surface area contributed by atoms with Crippen LogP contribution in [-0.2, 0) is 22.4 Å². The molecular weight excluding hydrogens is 392 g/mol. The third-order valence-corrected chi connectivity index (χ3v) is 7.03. The van der Waals surface area contributed by atoms with E-state index in [0.717, 1.165) is 70.6 Å². The number of aromatic nitrogens is 1. The van der Waals surface area contributed by atoms with Crippen molar-refractivity contribution in [3.63, 3.8) is 0 Å². The van der Waals surface area contributed by atoms with Crippen LogP contribution in [0.5, 0.6) is 0 Å². The maximum atomic E-state index is 12.8. The van der Waals surface area contributed by atoms with Crippen LogP contribution in [0.25, 0.3) is 0 Å². The first kappa shape index (κ1) is 22.4. The third-order valence-electron chi connectivity index (χ3n) is 7.03. The Bertz CT molecular complexity index is 783. The van der Waals surface area contributed by atoms with Crippen LogP contribution in [0.15, 0.2) is 12.1 Å². The van der Waals surface area contributed by atoms with Crippen LogP contribution >= 0.6 is 0 Å². The Kier molecular flexibility index (Phi) is 7.35. The lowest BCUT2D eigenvalue weighted by Crippen LogP contribution is -2.52. The molecule has 0 spiro atoms. The van der Waals surface area contributed by atoms with Crippen molar-refractivity contribution < 1.29 is 14.3 Å². The lowest BCUT2D eigenvalue weighted by molar-refractivity contribution is -0.134. The maximum Gasteiger partial charge on any atom is 0.236 e. The average molecular weight is 429 g/mol. The number of hydrogen-bond donors (Lipinski definition) is 0. The van der Waals surface area contributed by atoms with Gasteiger partial charge in [0, 0.05) is 76.6 Å². The molecule has 0 aromatic carbocycles. The van der Waals surface area contributed by atoms with Crippen LogP contribution < -0.4 is 0 Å². The molecule has 1 aromatic rings. The topological polar surface area (TPSA) is 66.0 Å². The van der Waals surface area contributed by atoms with E-state index in [1.165, 1.54) is 5.56 Å². The van der Waals surface area contributed by atoms with Crippen LogP contribution in [0.2, 0.25) is 0 Å². The van der Waals surface area contributed by atoms with Crippen LogP contribution in [0.3, 0.4) is 0 Å². The standard InChI is InChI=1S/C24H36N4O3/c1-18(2)27-11-13-28(14-12-27)23(29)17-26-9-5-19-3-4-22(25-21(19)6-10-26)24(30)20-7-15-31-16-8-20/h3-4,18,20H,5-17H2,1-2H3. The normalized spacial score (nSPS) is 21.7. The van der Waals surface area contributed by atoms with Crippen molar-refractivity contribution >= 4 is 11.7 Å². The van der Waals surface area contributed by atoms with Crippen LogP contribution in [0.1, 0.15) is 48.4 Å². The van der Waals surface area contributed by atoms with E-state index in [2.05, 4.69) is 29.7 Å². The first-order valence-corrected chi connectivity index (χ1v) is 11.9. The average Bonchev–Trinajstić information content (AvgIpc) is 3.01. The van der Waals surface area contributed by atoms with E-state index >= 15 is 0 Å². The molecule has 170 valence electrons. The number of hydrogen-bond acceptors (Lipinski definition) is 6. The van der Waals surface area contributed by atoms with Gasteiger partial charge in [-0.25, -0.2) is 4.98 Å². The van der Waals surface area contributed by atoms with E-state index < -0.39 is 0 Å². The SMILES string of the molecule is CC(C)N1CCN(C(=O)CN2CCc3ccc(C(=O)C4CCOCC4)nc3CC2)CC1. The second kappa shape index (κ2) is 10.2. The summed E-state index contributed by atoms with van der Waals surface area (Å²) in [4.78, 5) is 37.1. The van der Waals surface area contributed by atoms with Gasteiger partial charge in [-0.3, -0.25) is 19.4 Å². The Morgan fingerprint density at radius 3 is 2.45 bits per heavy atom. The Hall–Kier alpha value is -1.83. The first-order chi connectivity index (χ1) is 15.0. The number of Topliss-reactive ketones (excluding diaryl/α,β-unsaturated/α-hetero) is 1. The number of carbonyl (C=O) groups is 2. The van der Waals surface area contributed by atoms with Gasteiger partial charge in [-0.2, -0.15) is 0 Å². The van der Waals surface area contributed by atoms with Gasteiger partial charge in [0.15, 0.2) is 5.78 Å². The molecule has 31 heavy (non-hydrogen) atoms. The zero-order chi connectivity index (χ0) is 21.8. The number of amides is 1. The van der Waals surface area contributed by atoms with Gasteiger partial charge in [0.2, 0.25) is 5.91 Å². The molecule has 2 fully saturated rings. The van der Waals surface area contributed by atoms with Gasteiger partial charge in [0.25, 0.3) is 0 Å². The number of rotatable bonds is 5. The van der Waals surface area contributed by atoms with Gasteiger partial charge in [0.1, 0.15) is 5.69 Å². The van der Waals surface area contributed by atoms with Crippen molar-refractivity contribution in [3.05, 3.63) is 29.1 Å². The van der Waals surface area contributed by atoms with Crippen molar-refractivity contribution in [2.75, 3.05) is 59.0 Å². The van der Waals surface area contributed by atoms with Gasteiger partial charge in [-0.05, 0) is 44.7 Å². The number of ketones is 1. The molecule has 0 aliphatic carbocycles. The summed E-state index contributed by atoms with van der Waals surface area (Å²) in [6, 6.07) is 4.51. The summed E-state index contributed by atoms with van der Waals surface area (Å²) in [6.45, 7) is 11.5. The molecule has 0 saturated carbocycles. The molecule has 0 N–H and O–H groups in total. The minimum Gasteiger partial charge on any atom is -0.381 e. The predicted molar refractivity (Wildman–Crippen MR) is 119 cm³/mol. The Morgan fingerprint density at radius 2 is 1.74 bits per heavy atom. The van der Waals surface area contributed by atoms with E-state index in [9.17, 15) is 9.59 Å². The van der Waals surface area contributed by atoms with Gasteiger partial charge in [0.05, 0.1) is 6.54 Å². The first-order valence-electron chi connectivity index (χ1n) is 11.9. The molecule has 0 unspecified atom stereocenters. The number of carbonyl (C=O) groups excluding carboxylic acids is 2. The van der Waals surface area contributed by atoms with E-state index in [0.29, 0.717) is 31.5 Å². The molecule has 0 atom stereocenters. The van der Waals surface area contributed by atoms with Crippen molar-refractivity contribution in [3.8, 4) is 0 Å². The molecule has 0 radical (unpaired) electrons. The largest absolute Gasteiger partial charge is 0.381 e. The monoisotopic (exact) mass is 428 g/mol. The molecule has 1 amide bonds. The predicted octanol–water partition coefficient (Wildman–Crippen LogP) is 1.64. The number of pyridine rings is 1. The Labute approximate surface area is 185 Å². The highest BCUT2D eigenvalue weighted by atomic mass is 16.5. The minimum absolute atomic E-state index is 0.0374. The summed E-state index contributed by atoms with van der Waals surface area (Å²) >= 11 is 0. The summed E-state index contributed by atoms with van der Waals surface area (Å²) in [7, 11) is 0. The molecule has 4 rings (SSSR count). The van der Waals surface area contributed by atoms with Crippen molar-refractivity contribution in [2.45, 2.75) is 45.6 Å². The summed E-state index contributed by atoms with van der Waals surface area (Å²) < 4.78 is 5.38. The minimum atomic E-state index is 0.0374. The van der Waals surface area contributed by atoms with Gasteiger partial charge in [-0.15, -0.1) is 0 Å². The summed E-state index contributed by atoms with van der Waals surface area (Å²) in [6.07, 6.45) is 3.25. The molecule has 4 heterocycles. The fraction of sp³-hybridized carbons (Fsp3) is 0.708. The van der Waals surface area contributed by atoms with Crippen LogP contribution in [0, 0.1) is 5.92 Å². The highest BCUT2D eigenvalue weighted by Gasteiger charge is 2.27. The number of piperazine rings is 1. The number of nitrogens with zero attached hydrogens (tertiary/aromatic N) is 4. The molecule has 3 aliphatic heterocycles. The van der Waals surface area contributed by atoms with Gasteiger partial charge >= 0.3 is 0 Å². The van der Waals surface area contributed by atoms with Crippen molar-refractivity contribution in [1.29, 1.82) is 0 Å². The highest BCUT2D eigenvalue weighted by molar-refractivity contribution is 5.96. The summed E-state index contributed by atoms with van der Waals surface area (Å²) in [5, 5.41) is 0. The molecule has 2 saturated heterocycles. The zero-order valence-electron chi connectivity index (χ0n) is 19.0. The lowest BCUT2D eigenvalue weighted by atomic mass is 9.93. The van der Waals surface area contributed by atoms with Gasteiger partial charge < -0.3 is 9.64 Å². The van der Waals surface area contributed by atoms with Gasteiger partial charge in [-0.1, -0.05) is 6.07 Å². The van der Waals surface area contributed by atoms with Crippen LogP contribution in [0.4, 0.5) is 0 Å². The van der Waals surface area contributed by atoms with E-state index in [4.69, 9.17) is 9.72 Å². The summed E-state index contributed by atoms with van der Waals surface area (Å²) in [5.41, 5.74) is 2.83. The lowest BCUT2D eigenvalue weighted by Gasteiger charge is -2.37. The smallest absolute Gasteiger partial charge is 0.236 e. The van der Waals surface area contributed by atoms with E-state index in [-0.39, 0.29) is 17.6 Å². The molecule has 7 nitrogen and oxygen atoms in total. The highest BCUT2D eigenvalue weighted by Crippen LogP contribution is 2.22. The van der Waals surface area contributed by atoms with E-state index in [1.54, 1.807) is 0 Å². The molecule has 3 aliphatic rings. The fourth-order valence-electron chi connectivity index (χ4n) is 4.87. The maximum absolute atomic E-state index is 12.8. The third kappa shape index (κ3) is 5.51. The Balaban J connectivity index is 1.31. The van der Waals surface area contributed by atoms with Crippen molar-refractivity contribution in [1.82, 2.24) is 19.7 Å². The van der Waals surface area contributed by atoms with E-state index in [1.807, 2.05) is 11.0 Å². The molecular formula is C24H36N4O3. The van der Waals surface area contributed by atoms with Crippen molar-refractivity contribution in [2.24, 2.45) is 5.92 Å². The molecule has 0 bridgehead atoms. The molecule has 7 heteroatoms. The number of fused-ring (bicyclic) bond motifs is 1. The number of ether oxygens (including phenoxy) is 1.